The molecule has 0 bridgehead atoms. The van der Waals surface area contributed by atoms with Crippen molar-refractivity contribution in [1.29, 1.82) is 0 Å². The fourth-order valence-electron chi connectivity index (χ4n) is 5.52. The number of hydrogen-bond donors (Lipinski definition) is 2. The number of likely N-dealkylation sites (tertiary alicyclic amines) is 1. The lowest BCUT2D eigenvalue weighted by Gasteiger charge is -2.40. The lowest BCUT2D eigenvalue weighted by molar-refractivity contribution is 0.0505. The summed E-state index contributed by atoms with van der Waals surface area (Å²) in [4.78, 5) is 15.3. The van der Waals surface area contributed by atoms with Crippen LogP contribution < -0.4 is 10.6 Å². The molecule has 3 aliphatic rings. The summed E-state index contributed by atoms with van der Waals surface area (Å²) in [5.41, 5.74) is 0.887. The first kappa shape index (κ1) is 21.6. The van der Waals surface area contributed by atoms with E-state index in [0.29, 0.717) is 25.8 Å². The van der Waals surface area contributed by atoms with Crippen LogP contribution in [0.2, 0.25) is 0 Å². The second-order valence-electron chi connectivity index (χ2n) is 9.35. The van der Waals surface area contributed by atoms with Crippen LogP contribution in [0.4, 0.5) is 9.18 Å². The van der Waals surface area contributed by atoms with Crippen molar-refractivity contribution >= 4 is 6.03 Å². The zero-order valence-electron chi connectivity index (χ0n) is 18.0. The van der Waals surface area contributed by atoms with Crippen LogP contribution in [-0.4, -0.2) is 55.9 Å². The third kappa shape index (κ3) is 5.33. The molecule has 1 aromatic rings. The van der Waals surface area contributed by atoms with Gasteiger partial charge in [0.1, 0.15) is 5.82 Å². The van der Waals surface area contributed by atoms with E-state index in [-0.39, 0.29) is 23.3 Å². The number of benzene rings is 1. The highest BCUT2D eigenvalue weighted by Gasteiger charge is 2.35. The quantitative estimate of drug-likeness (QED) is 0.762. The first-order valence-corrected chi connectivity index (χ1v) is 11.8. The van der Waals surface area contributed by atoms with Crippen LogP contribution in [0.15, 0.2) is 24.3 Å². The van der Waals surface area contributed by atoms with Gasteiger partial charge >= 0.3 is 6.03 Å². The minimum atomic E-state index is -0.230. The number of halogens is 1. The molecule has 1 unspecified atom stereocenters. The Kier molecular flexibility index (Phi) is 7.26. The summed E-state index contributed by atoms with van der Waals surface area (Å²) in [7, 11) is 0. The van der Waals surface area contributed by atoms with Gasteiger partial charge in [-0.3, -0.25) is 4.90 Å². The average Bonchev–Trinajstić information content (AvgIpc) is 2.80. The summed E-state index contributed by atoms with van der Waals surface area (Å²) < 4.78 is 19.0. The summed E-state index contributed by atoms with van der Waals surface area (Å²) in [6.07, 6.45) is 10.5. The lowest BCUT2D eigenvalue weighted by Crippen LogP contribution is -2.54. The number of carbonyl (C=O) groups is 1. The van der Waals surface area contributed by atoms with E-state index in [9.17, 15) is 9.18 Å². The molecule has 0 aromatic heterocycles. The monoisotopic (exact) mass is 417 g/mol. The molecular formula is C24H36FN3O2. The highest BCUT2D eigenvalue weighted by Crippen LogP contribution is 2.34. The molecule has 3 fully saturated rings. The van der Waals surface area contributed by atoms with Gasteiger partial charge in [0, 0.05) is 43.8 Å². The van der Waals surface area contributed by atoms with Gasteiger partial charge in [-0.25, -0.2) is 9.18 Å². The Morgan fingerprint density at radius 2 is 1.80 bits per heavy atom. The van der Waals surface area contributed by atoms with E-state index < -0.39 is 0 Å². The van der Waals surface area contributed by atoms with Crippen molar-refractivity contribution < 1.29 is 13.9 Å². The SMILES string of the molecule is O=C(NCC1(c2ccc(F)cc2)CCOCC1)NC1CCCN(C2CCCCC2)C1. The van der Waals surface area contributed by atoms with Crippen molar-refractivity contribution in [3.8, 4) is 0 Å². The maximum Gasteiger partial charge on any atom is 0.315 e. The second-order valence-corrected chi connectivity index (χ2v) is 9.35. The van der Waals surface area contributed by atoms with Crippen LogP contribution in [0, 0.1) is 5.82 Å². The van der Waals surface area contributed by atoms with Crippen molar-refractivity contribution in [3.05, 3.63) is 35.6 Å². The molecule has 0 radical (unpaired) electrons. The van der Waals surface area contributed by atoms with Gasteiger partial charge in [-0.05, 0) is 62.8 Å². The predicted octanol–water partition coefficient (Wildman–Crippen LogP) is 3.97. The standard InChI is InChI=1S/C24H36FN3O2/c25-20-10-8-19(9-11-20)24(12-15-30-16-13-24)18-26-23(29)27-21-5-4-14-28(17-21)22-6-2-1-3-7-22/h8-11,21-22H,1-7,12-18H2,(H2,26,27,29). The van der Waals surface area contributed by atoms with Crippen molar-refractivity contribution in [2.24, 2.45) is 0 Å². The van der Waals surface area contributed by atoms with Crippen molar-refractivity contribution in [2.75, 3.05) is 32.8 Å². The third-order valence-electron chi connectivity index (χ3n) is 7.37. The Morgan fingerprint density at radius 1 is 1.07 bits per heavy atom. The number of urea groups is 1. The molecule has 2 amide bonds. The van der Waals surface area contributed by atoms with E-state index >= 15 is 0 Å². The minimum absolute atomic E-state index is 0.0847. The van der Waals surface area contributed by atoms with E-state index in [2.05, 4.69) is 15.5 Å². The number of nitrogens with zero attached hydrogens (tertiary/aromatic N) is 1. The number of hydrogen-bond acceptors (Lipinski definition) is 3. The minimum Gasteiger partial charge on any atom is -0.381 e. The van der Waals surface area contributed by atoms with E-state index in [4.69, 9.17) is 4.74 Å². The number of nitrogens with one attached hydrogen (secondary N) is 2. The molecule has 5 nitrogen and oxygen atoms in total. The number of ether oxygens (including phenoxy) is 1. The Hall–Kier alpha value is -1.66. The lowest BCUT2D eigenvalue weighted by atomic mass is 9.74. The van der Waals surface area contributed by atoms with Crippen LogP contribution >= 0.6 is 0 Å². The Morgan fingerprint density at radius 3 is 2.53 bits per heavy atom. The maximum atomic E-state index is 13.4. The summed E-state index contributed by atoms with van der Waals surface area (Å²) in [5, 5.41) is 6.35. The average molecular weight is 418 g/mol. The first-order valence-electron chi connectivity index (χ1n) is 11.8. The molecule has 1 atom stereocenters. The Bertz CT molecular complexity index is 684. The van der Waals surface area contributed by atoms with Crippen LogP contribution in [0.25, 0.3) is 0 Å². The fraction of sp³-hybridized carbons (Fsp3) is 0.708. The molecule has 1 aromatic carbocycles. The van der Waals surface area contributed by atoms with Gasteiger partial charge in [-0.1, -0.05) is 31.4 Å². The summed E-state index contributed by atoms with van der Waals surface area (Å²) >= 11 is 0. The molecule has 2 aliphatic heterocycles. The van der Waals surface area contributed by atoms with Gasteiger partial charge in [0.15, 0.2) is 0 Å². The topological polar surface area (TPSA) is 53.6 Å². The van der Waals surface area contributed by atoms with Crippen LogP contribution in [0.1, 0.15) is 63.4 Å². The molecule has 2 saturated heterocycles. The van der Waals surface area contributed by atoms with Crippen molar-refractivity contribution in [1.82, 2.24) is 15.5 Å². The van der Waals surface area contributed by atoms with Gasteiger partial charge in [0.25, 0.3) is 0 Å². The first-order chi connectivity index (χ1) is 14.6. The zero-order chi connectivity index (χ0) is 20.8. The number of rotatable bonds is 5. The molecule has 2 heterocycles. The molecule has 166 valence electrons. The normalized spacial score (nSPS) is 25.6. The summed E-state index contributed by atoms with van der Waals surface area (Å²) in [6, 6.07) is 7.56. The largest absolute Gasteiger partial charge is 0.381 e. The van der Waals surface area contributed by atoms with Gasteiger partial charge < -0.3 is 15.4 Å². The zero-order valence-corrected chi connectivity index (χ0v) is 18.0. The summed E-state index contributed by atoms with van der Waals surface area (Å²) in [5.74, 6) is -0.230. The molecular weight excluding hydrogens is 381 g/mol. The smallest absolute Gasteiger partial charge is 0.315 e. The predicted molar refractivity (Wildman–Crippen MR) is 116 cm³/mol. The van der Waals surface area contributed by atoms with Gasteiger partial charge in [0.2, 0.25) is 0 Å². The van der Waals surface area contributed by atoms with E-state index in [1.54, 1.807) is 0 Å². The number of amides is 2. The maximum absolute atomic E-state index is 13.4. The molecule has 1 saturated carbocycles. The molecule has 6 heteroatoms. The second kappa shape index (κ2) is 10.1. The van der Waals surface area contributed by atoms with Gasteiger partial charge in [-0.15, -0.1) is 0 Å². The molecule has 1 aliphatic carbocycles. The van der Waals surface area contributed by atoms with Gasteiger partial charge in [-0.2, -0.15) is 0 Å². The highest BCUT2D eigenvalue weighted by molar-refractivity contribution is 5.74. The summed E-state index contributed by atoms with van der Waals surface area (Å²) in [6.45, 7) is 4.01. The molecule has 30 heavy (non-hydrogen) atoms. The Labute approximate surface area is 179 Å². The van der Waals surface area contributed by atoms with Crippen LogP contribution in [-0.2, 0) is 10.2 Å². The van der Waals surface area contributed by atoms with Crippen LogP contribution in [0.5, 0.6) is 0 Å². The number of carbonyl (C=O) groups excluding carboxylic acids is 1. The molecule has 0 spiro atoms. The number of piperidine rings is 1. The highest BCUT2D eigenvalue weighted by atomic mass is 19.1. The molecule has 4 rings (SSSR count). The van der Waals surface area contributed by atoms with E-state index in [1.807, 2.05) is 12.1 Å². The third-order valence-corrected chi connectivity index (χ3v) is 7.37. The molecule has 2 N–H and O–H groups in total. The van der Waals surface area contributed by atoms with Crippen molar-refractivity contribution in [2.45, 2.75) is 75.3 Å². The van der Waals surface area contributed by atoms with Gasteiger partial charge in [0.05, 0.1) is 0 Å². The van der Waals surface area contributed by atoms with Crippen LogP contribution in [0.3, 0.4) is 0 Å². The fourth-order valence-corrected chi connectivity index (χ4v) is 5.52. The van der Waals surface area contributed by atoms with Crippen molar-refractivity contribution in [3.63, 3.8) is 0 Å². The Balaban J connectivity index is 1.31. The van der Waals surface area contributed by atoms with E-state index in [0.717, 1.165) is 44.3 Å². The van der Waals surface area contributed by atoms with E-state index in [1.165, 1.54) is 44.2 Å².